The minimum atomic E-state index is -0.0856. The Morgan fingerprint density at radius 1 is 1.78 bits per heavy atom. The summed E-state index contributed by atoms with van der Waals surface area (Å²) in [5.41, 5.74) is 6.73. The second-order valence-electron chi connectivity index (χ2n) is 2.13. The lowest BCUT2D eigenvalue weighted by Gasteiger charge is -2.05. The van der Waals surface area contributed by atoms with Crippen molar-refractivity contribution < 1.29 is 4.79 Å². The SMILES string of the molecule is CC1=C(N)C(=O)N(P)C1. The summed E-state index contributed by atoms with van der Waals surface area (Å²) in [5.74, 6) is -0.0856. The van der Waals surface area contributed by atoms with Crippen LogP contribution in [0.4, 0.5) is 0 Å². The molecule has 2 N–H and O–H groups in total. The van der Waals surface area contributed by atoms with E-state index in [0.29, 0.717) is 12.2 Å². The van der Waals surface area contributed by atoms with Crippen molar-refractivity contribution in [3.63, 3.8) is 0 Å². The van der Waals surface area contributed by atoms with Gasteiger partial charge in [0.2, 0.25) is 0 Å². The third-order valence-corrected chi connectivity index (χ3v) is 1.78. The van der Waals surface area contributed by atoms with E-state index in [2.05, 4.69) is 9.39 Å². The molecule has 1 unspecified atom stereocenters. The van der Waals surface area contributed by atoms with Gasteiger partial charge in [-0.25, -0.2) is 0 Å². The Balaban J connectivity index is 2.87. The van der Waals surface area contributed by atoms with Gasteiger partial charge in [0, 0.05) is 6.54 Å². The topological polar surface area (TPSA) is 46.3 Å². The largest absolute Gasteiger partial charge is 0.394 e. The lowest BCUT2D eigenvalue weighted by molar-refractivity contribution is -0.121. The maximum atomic E-state index is 10.8. The molecule has 9 heavy (non-hydrogen) atoms. The van der Waals surface area contributed by atoms with Crippen molar-refractivity contribution in [2.75, 3.05) is 6.54 Å². The van der Waals surface area contributed by atoms with Gasteiger partial charge in [0.15, 0.2) is 0 Å². The molecule has 1 atom stereocenters. The Hall–Kier alpha value is -0.560. The molecule has 0 bridgehead atoms. The number of hydrogen-bond donors (Lipinski definition) is 1. The summed E-state index contributed by atoms with van der Waals surface area (Å²) in [6, 6.07) is 0. The fourth-order valence-electron chi connectivity index (χ4n) is 0.750. The highest BCUT2D eigenvalue weighted by atomic mass is 31.0. The van der Waals surface area contributed by atoms with Crippen LogP contribution in [0.5, 0.6) is 0 Å². The van der Waals surface area contributed by atoms with E-state index in [0.717, 1.165) is 5.57 Å². The molecule has 3 nitrogen and oxygen atoms in total. The lowest BCUT2D eigenvalue weighted by atomic mass is 10.3. The van der Waals surface area contributed by atoms with Gasteiger partial charge in [0.25, 0.3) is 5.91 Å². The zero-order valence-electron chi connectivity index (χ0n) is 5.22. The van der Waals surface area contributed by atoms with Crippen LogP contribution < -0.4 is 5.73 Å². The predicted octanol–water partition coefficient (Wildman–Crippen LogP) is -0.149. The van der Waals surface area contributed by atoms with Crippen LogP contribution in [0.15, 0.2) is 11.3 Å². The van der Waals surface area contributed by atoms with Crippen LogP contribution >= 0.6 is 9.39 Å². The first kappa shape index (κ1) is 6.56. The molecule has 1 aliphatic rings. The second kappa shape index (κ2) is 1.99. The molecule has 0 saturated carbocycles. The maximum Gasteiger partial charge on any atom is 0.272 e. The molecule has 1 amide bonds. The van der Waals surface area contributed by atoms with E-state index < -0.39 is 0 Å². The van der Waals surface area contributed by atoms with Gasteiger partial charge in [-0.05, 0) is 21.9 Å². The molecule has 0 radical (unpaired) electrons. The number of rotatable bonds is 0. The van der Waals surface area contributed by atoms with Crippen molar-refractivity contribution in [3.05, 3.63) is 11.3 Å². The average Bonchev–Trinajstić information content (AvgIpc) is 1.98. The number of amides is 1. The van der Waals surface area contributed by atoms with E-state index in [-0.39, 0.29) is 5.91 Å². The van der Waals surface area contributed by atoms with Gasteiger partial charge in [-0.1, -0.05) is 0 Å². The van der Waals surface area contributed by atoms with Gasteiger partial charge in [-0.2, -0.15) is 0 Å². The standard InChI is InChI=1S/C5H9N2OP/c1-3-2-7(9)5(8)4(3)6/h2,6,9H2,1H3. The molecule has 1 heterocycles. The Morgan fingerprint density at radius 3 is 2.44 bits per heavy atom. The molecule has 0 aromatic heterocycles. The smallest absolute Gasteiger partial charge is 0.272 e. The summed E-state index contributed by atoms with van der Waals surface area (Å²) in [4.78, 5) is 10.8. The molecular formula is C5H9N2OP. The summed E-state index contributed by atoms with van der Waals surface area (Å²) in [6.07, 6.45) is 0. The van der Waals surface area contributed by atoms with E-state index >= 15 is 0 Å². The summed E-state index contributed by atoms with van der Waals surface area (Å²) in [7, 11) is 2.32. The normalized spacial score (nSPS) is 19.8. The van der Waals surface area contributed by atoms with Crippen LogP contribution in [0, 0.1) is 0 Å². The Bertz CT molecular complexity index is 187. The molecule has 1 aliphatic heterocycles. The number of nitrogens with zero attached hydrogens (tertiary/aromatic N) is 1. The van der Waals surface area contributed by atoms with Crippen molar-refractivity contribution in [1.82, 2.24) is 4.67 Å². The maximum absolute atomic E-state index is 10.8. The Labute approximate surface area is 56.2 Å². The van der Waals surface area contributed by atoms with Gasteiger partial charge in [-0.3, -0.25) is 4.79 Å². The van der Waals surface area contributed by atoms with E-state index in [1.807, 2.05) is 6.92 Å². The van der Waals surface area contributed by atoms with E-state index in [9.17, 15) is 4.79 Å². The molecule has 0 aromatic rings. The minimum absolute atomic E-state index is 0.0856. The van der Waals surface area contributed by atoms with Gasteiger partial charge < -0.3 is 10.4 Å². The van der Waals surface area contributed by atoms with E-state index in [1.165, 1.54) is 4.67 Å². The molecule has 0 aromatic carbocycles. The lowest BCUT2D eigenvalue weighted by Crippen LogP contribution is -2.18. The summed E-state index contributed by atoms with van der Waals surface area (Å²) in [6.45, 7) is 2.51. The molecule has 50 valence electrons. The molecule has 1 rings (SSSR count). The van der Waals surface area contributed by atoms with Gasteiger partial charge in [0.1, 0.15) is 0 Å². The fraction of sp³-hybridized carbons (Fsp3) is 0.400. The van der Waals surface area contributed by atoms with Crippen LogP contribution in [0.1, 0.15) is 6.92 Å². The first-order chi connectivity index (χ1) is 4.13. The van der Waals surface area contributed by atoms with Crippen LogP contribution in [-0.2, 0) is 4.79 Å². The van der Waals surface area contributed by atoms with Crippen molar-refractivity contribution in [2.45, 2.75) is 6.92 Å². The van der Waals surface area contributed by atoms with Crippen molar-refractivity contribution >= 4 is 15.3 Å². The van der Waals surface area contributed by atoms with Crippen LogP contribution in [0.3, 0.4) is 0 Å². The quantitative estimate of drug-likeness (QED) is 0.480. The fourth-order valence-corrected chi connectivity index (χ4v) is 1.16. The monoisotopic (exact) mass is 144 g/mol. The molecule has 4 heteroatoms. The zero-order chi connectivity index (χ0) is 7.02. The van der Waals surface area contributed by atoms with Gasteiger partial charge in [0.05, 0.1) is 5.70 Å². The van der Waals surface area contributed by atoms with Crippen molar-refractivity contribution in [1.29, 1.82) is 0 Å². The molecule has 0 fully saturated rings. The predicted molar refractivity (Wildman–Crippen MR) is 38.3 cm³/mol. The van der Waals surface area contributed by atoms with Crippen LogP contribution in [-0.4, -0.2) is 17.1 Å². The molecule has 0 spiro atoms. The number of carbonyl (C=O) groups is 1. The average molecular weight is 144 g/mol. The minimum Gasteiger partial charge on any atom is -0.394 e. The highest BCUT2D eigenvalue weighted by molar-refractivity contribution is 7.14. The van der Waals surface area contributed by atoms with Crippen molar-refractivity contribution in [3.8, 4) is 0 Å². The molecule has 0 aliphatic carbocycles. The van der Waals surface area contributed by atoms with E-state index in [4.69, 9.17) is 5.73 Å². The Morgan fingerprint density at radius 2 is 2.33 bits per heavy atom. The third kappa shape index (κ3) is 0.924. The molecular weight excluding hydrogens is 135 g/mol. The first-order valence-corrected chi connectivity index (χ1v) is 3.16. The first-order valence-electron chi connectivity index (χ1n) is 2.64. The number of hydrogen-bond acceptors (Lipinski definition) is 2. The van der Waals surface area contributed by atoms with Crippen LogP contribution in [0.2, 0.25) is 0 Å². The van der Waals surface area contributed by atoms with Crippen LogP contribution in [0.25, 0.3) is 0 Å². The Kier molecular flexibility index (Phi) is 1.45. The highest BCUT2D eigenvalue weighted by Crippen LogP contribution is 2.17. The number of carbonyl (C=O) groups excluding carboxylic acids is 1. The van der Waals surface area contributed by atoms with Gasteiger partial charge >= 0.3 is 0 Å². The molecule has 0 saturated heterocycles. The van der Waals surface area contributed by atoms with Gasteiger partial charge in [-0.15, -0.1) is 0 Å². The summed E-state index contributed by atoms with van der Waals surface area (Å²) >= 11 is 0. The summed E-state index contributed by atoms with van der Waals surface area (Å²) < 4.78 is 1.52. The highest BCUT2D eigenvalue weighted by Gasteiger charge is 2.21. The van der Waals surface area contributed by atoms with E-state index in [1.54, 1.807) is 0 Å². The second-order valence-corrected chi connectivity index (χ2v) is 2.75. The number of nitrogens with two attached hydrogens (primary N) is 1. The summed E-state index contributed by atoms with van der Waals surface area (Å²) in [5, 5.41) is 0. The third-order valence-electron chi connectivity index (χ3n) is 1.36. The van der Waals surface area contributed by atoms with Crippen molar-refractivity contribution in [2.24, 2.45) is 5.73 Å². The zero-order valence-corrected chi connectivity index (χ0v) is 6.37.